The highest BCUT2D eigenvalue weighted by Crippen LogP contribution is 2.28. The third-order valence-corrected chi connectivity index (χ3v) is 3.15. The van der Waals surface area contributed by atoms with Crippen LogP contribution in [0.4, 0.5) is 11.4 Å². The van der Waals surface area contributed by atoms with Crippen LogP contribution in [0.5, 0.6) is 0 Å². The van der Waals surface area contributed by atoms with Gasteiger partial charge in [-0.25, -0.2) is 0 Å². The lowest BCUT2D eigenvalue weighted by Crippen LogP contribution is -2.07. The van der Waals surface area contributed by atoms with Crippen molar-refractivity contribution in [1.29, 1.82) is 0 Å². The maximum absolute atomic E-state index is 11.0. The van der Waals surface area contributed by atoms with E-state index in [2.05, 4.69) is 19.2 Å². The largest absolute Gasteiger partial charge is 0.469 e. The van der Waals surface area contributed by atoms with Crippen LogP contribution in [-0.4, -0.2) is 11.5 Å². The summed E-state index contributed by atoms with van der Waals surface area (Å²) in [5.41, 5.74) is 1.75. The number of nitro groups is 1. The van der Waals surface area contributed by atoms with E-state index in [0.29, 0.717) is 24.6 Å². The van der Waals surface area contributed by atoms with E-state index in [-0.39, 0.29) is 10.6 Å². The Bertz CT molecular complexity index is 577. The fourth-order valence-electron chi connectivity index (χ4n) is 1.99. The average Bonchev–Trinajstić information content (AvgIpc) is 2.91. The fourth-order valence-corrected chi connectivity index (χ4v) is 1.99. The molecule has 2 rings (SSSR count). The normalized spacial score (nSPS) is 10.8. The molecule has 20 heavy (non-hydrogen) atoms. The van der Waals surface area contributed by atoms with E-state index in [0.717, 1.165) is 11.3 Å². The van der Waals surface area contributed by atoms with Gasteiger partial charge in [-0.2, -0.15) is 0 Å². The van der Waals surface area contributed by atoms with Crippen molar-refractivity contribution in [2.45, 2.75) is 26.2 Å². The Labute approximate surface area is 117 Å². The molecule has 1 N–H and O–H groups in total. The summed E-state index contributed by atoms with van der Waals surface area (Å²) in [6.45, 7) is 4.72. The van der Waals surface area contributed by atoms with Crippen molar-refractivity contribution in [3.63, 3.8) is 0 Å². The summed E-state index contributed by atoms with van der Waals surface area (Å²) in [6.07, 6.45) is 2.31. The van der Waals surface area contributed by atoms with Gasteiger partial charge in [-0.1, -0.05) is 19.9 Å². The standard InChI is InChI=1S/C15H18N2O3/c1-11(2)12-5-6-15(17(18)19)14(10-12)16-8-7-13-4-3-9-20-13/h3-6,9-11,16H,7-8H2,1-2H3. The lowest BCUT2D eigenvalue weighted by molar-refractivity contribution is -0.384. The zero-order valence-corrected chi connectivity index (χ0v) is 11.6. The van der Waals surface area contributed by atoms with Crippen molar-refractivity contribution in [3.8, 4) is 0 Å². The third kappa shape index (κ3) is 3.38. The molecular weight excluding hydrogens is 256 g/mol. The van der Waals surface area contributed by atoms with Gasteiger partial charge in [0.05, 0.1) is 11.2 Å². The van der Waals surface area contributed by atoms with Gasteiger partial charge in [-0.3, -0.25) is 10.1 Å². The van der Waals surface area contributed by atoms with Crippen LogP contribution in [0.25, 0.3) is 0 Å². The molecule has 1 aromatic heterocycles. The van der Waals surface area contributed by atoms with E-state index in [4.69, 9.17) is 4.42 Å². The Hall–Kier alpha value is -2.30. The minimum absolute atomic E-state index is 0.105. The van der Waals surface area contributed by atoms with Gasteiger partial charge in [0.25, 0.3) is 5.69 Å². The monoisotopic (exact) mass is 274 g/mol. The molecule has 0 bridgehead atoms. The smallest absolute Gasteiger partial charge is 0.292 e. The molecule has 0 radical (unpaired) electrons. The van der Waals surface area contributed by atoms with Crippen LogP contribution in [0.15, 0.2) is 41.0 Å². The molecule has 5 heteroatoms. The lowest BCUT2D eigenvalue weighted by Gasteiger charge is -2.10. The van der Waals surface area contributed by atoms with Gasteiger partial charge in [0.15, 0.2) is 0 Å². The van der Waals surface area contributed by atoms with Gasteiger partial charge in [0, 0.05) is 19.0 Å². The number of hydrogen-bond acceptors (Lipinski definition) is 4. The molecule has 5 nitrogen and oxygen atoms in total. The first-order chi connectivity index (χ1) is 9.58. The van der Waals surface area contributed by atoms with Crippen molar-refractivity contribution in [2.24, 2.45) is 0 Å². The number of benzene rings is 1. The Morgan fingerprint density at radius 2 is 2.15 bits per heavy atom. The Balaban J connectivity index is 2.11. The maximum Gasteiger partial charge on any atom is 0.292 e. The van der Waals surface area contributed by atoms with Crippen molar-refractivity contribution in [2.75, 3.05) is 11.9 Å². The van der Waals surface area contributed by atoms with E-state index in [1.54, 1.807) is 18.4 Å². The number of hydrogen-bond donors (Lipinski definition) is 1. The summed E-state index contributed by atoms with van der Waals surface area (Å²) in [6, 6.07) is 8.94. The first kappa shape index (κ1) is 14.1. The van der Waals surface area contributed by atoms with E-state index in [1.165, 1.54) is 0 Å². The number of nitrogens with zero attached hydrogens (tertiary/aromatic N) is 1. The van der Waals surface area contributed by atoms with Crippen molar-refractivity contribution in [1.82, 2.24) is 0 Å². The molecule has 1 aromatic carbocycles. The van der Waals surface area contributed by atoms with Crippen LogP contribution in [-0.2, 0) is 6.42 Å². The van der Waals surface area contributed by atoms with Crippen LogP contribution in [0.1, 0.15) is 31.1 Å². The summed E-state index contributed by atoms with van der Waals surface area (Å²) < 4.78 is 5.24. The molecule has 106 valence electrons. The third-order valence-electron chi connectivity index (χ3n) is 3.15. The van der Waals surface area contributed by atoms with Crippen LogP contribution >= 0.6 is 0 Å². The predicted octanol–water partition coefficient (Wildman–Crippen LogP) is 3.97. The van der Waals surface area contributed by atoms with E-state index in [9.17, 15) is 10.1 Å². The summed E-state index contributed by atoms with van der Waals surface area (Å²) >= 11 is 0. The van der Waals surface area contributed by atoms with E-state index >= 15 is 0 Å². The number of anilines is 1. The quantitative estimate of drug-likeness (QED) is 0.639. The maximum atomic E-state index is 11.0. The fraction of sp³-hybridized carbons (Fsp3) is 0.333. The molecule has 0 amide bonds. The molecule has 0 saturated carbocycles. The molecule has 2 aromatic rings. The van der Waals surface area contributed by atoms with Gasteiger partial charge in [-0.05, 0) is 29.7 Å². The van der Waals surface area contributed by atoms with E-state index < -0.39 is 0 Å². The Morgan fingerprint density at radius 3 is 2.75 bits per heavy atom. The second-order valence-corrected chi connectivity index (χ2v) is 4.94. The molecule has 0 spiro atoms. The lowest BCUT2D eigenvalue weighted by atomic mass is 10.0. The number of nitro benzene ring substituents is 1. The minimum Gasteiger partial charge on any atom is -0.469 e. The van der Waals surface area contributed by atoms with Crippen LogP contribution in [0.3, 0.4) is 0 Å². The van der Waals surface area contributed by atoms with Gasteiger partial charge < -0.3 is 9.73 Å². The van der Waals surface area contributed by atoms with Gasteiger partial charge in [0.2, 0.25) is 0 Å². The predicted molar refractivity (Wildman–Crippen MR) is 78.1 cm³/mol. The molecule has 0 fully saturated rings. The van der Waals surface area contributed by atoms with Crippen molar-refractivity contribution < 1.29 is 9.34 Å². The minimum atomic E-state index is -0.362. The second-order valence-electron chi connectivity index (χ2n) is 4.94. The highest BCUT2D eigenvalue weighted by Gasteiger charge is 2.14. The summed E-state index contributed by atoms with van der Waals surface area (Å²) in [4.78, 5) is 10.7. The molecule has 0 unspecified atom stereocenters. The van der Waals surface area contributed by atoms with Crippen LogP contribution in [0, 0.1) is 10.1 Å². The van der Waals surface area contributed by atoms with Gasteiger partial charge in [0.1, 0.15) is 11.4 Å². The first-order valence-electron chi connectivity index (χ1n) is 6.62. The molecule has 0 aliphatic heterocycles. The molecule has 0 aliphatic carbocycles. The molecule has 0 aliphatic rings. The van der Waals surface area contributed by atoms with Crippen molar-refractivity contribution in [3.05, 3.63) is 58.0 Å². The van der Waals surface area contributed by atoms with Crippen LogP contribution < -0.4 is 5.32 Å². The number of nitrogens with one attached hydrogen (secondary N) is 1. The zero-order valence-electron chi connectivity index (χ0n) is 11.6. The SMILES string of the molecule is CC(C)c1ccc([N+](=O)[O-])c(NCCc2ccco2)c1. The summed E-state index contributed by atoms with van der Waals surface area (Å²) in [5.74, 6) is 1.20. The highest BCUT2D eigenvalue weighted by atomic mass is 16.6. The summed E-state index contributed by atoms with van der Waals surface area (Å²) in [5, 5.41) is 14.2. The zero-order chi connectivity index (χ0) is 14.5. The van der Waals surface area contributed by atoms with Crippen molar-refractivity contribution >= 4 is 11.4 Å². The van der Waals surface area contributed by atoms with Gasteiger partial charge >= 0.3 is 0 Å². The van der Waals surface area contributed by atoms with Crippen LogP contribution in [0.2, 0.25) is 0 Å². The first-order valence-corrected chi connectivity index (χ1v) is 6.62. The Morgan fingerprint density at radius 1 is 1.35 bits per heavy atom. The number of furan rings is 1. The molecule has 0 atom stereocenters. The Kier molecular flexibility index (Phi) is 4.40. The molecule has 1 heterocycles. The molecular formula is C15H18N2O3. The molecule has 0 saturated heterocycles. The topological polar surface area (TPSA) is 68.3 Å². The van der Waals surface area contributed by atoms with E-state index in [1.807, 2.05) is 18.2 Å². The number of rotatable bonds is 6. The highest BCUT2D eigenvalue weighted by molar-refractivity contribution is 5.63. The second kappa shape index (κ2) is 6.23. The van der Waals surface area contributed by atoms with Gasteiger partial charge in [-0.15, -0.1) is 0 Å². The average molecular weight is 274 g/mol. The summed E-state index contributed by atoms with van der Waals surface area (Å²) in [7, 11) is 0.